The number of piperidine rings is 1. The zero-order valence-corrected chi connectivity index (χ0v) is 20.3. The maximum Gasteiger partial charge on any atom is 0.250 e. The molecule has 9 heteroatoms. The van der Waals surface area contributed by atoms with Crippen molar-refractivity contribution < 1.29 is 22.7 Å². The minimum absolute atomic E-state index is 0.101. The van der Waals surface area contributed by atoms with E-state index in [2.05, 4.69) is 4.98 Å². The van der Waals surface area contributed by atoms with E-state index < -0.39 is 23.5 Å². The molecule has 1 aromatic heterocycles. The standard InChI is InChI=1S/C27H27F3N4O2/c1-16-12-33(15-31-16)23-7-4-17(9-25(23)36-3)8-18-5-6-20-13-32(2)14-24(34(20)27(18)35)19-10-21(28)26(30)22(29)11-19/h4,7-12,15,20,24H,5-6,13-14H2,1-3H3/b18-8+/t20-,24?/m0/s1. The molecular weight excluding hydrogens is 469 g/mol. The topological polar surface area (TPSA) is 50.6 Å². The van der Waals surface area contributed by atoms with Crippen LogP contribution >= 0.6 is 0 Å². The van der Waals surface area contributed by atoms with Gasteiger partial charge in [0.05, 0.1) is 30.9 Å². The molecule has 3 heterocycles. The van der Waals surface area contributed by atoms with Gasteiger partial charge in [-0.1, -0.05) is 6.07 Å². The van der Waals surface area contributed by atoms with Crippen molar-refractivity contribution in [1.29, 1.82) is 0 Å². The Morgan fingerprint density at radius 3 is 2.53 bits per heavy atom. The van der Waals surface area contributed by atoms with E-state index in [9.17, 15) is 18.0 Å². The Morgan fingerprint density at radius 2 is 1.86 bits per heavy atom. The van der Waals surface area contributed by atoms with Gasteiger partial charge in [-0.2, -0.15) is 0 Å². The van der Waals surface area contributed by atoms with Gasteiger partial charge in [-0.3, -0.25) is 4.79 Å². The lowest BCUT2D eigenvalue weighted by atomic mass is 9.89. The molecule has 1 unspecified atom stereocenters. The fourth-order valence-electron chi connectivity index (χ4n) is 5.21. The summed E-state index contributed by atoms with van der Waals surface area (Å²) in [5.74, 6) is -3.56. The summed E-state index contributed by atoms with van der Waals surface area (Å²) in [4.78, 5) is 21.7. The second-order valence-electron chi connectivity index (χ2n) is 9.46. The molecular formula is C27H27F3N4O2. The molecule has 2 atom stereocenters. The Bertz CT molecular complexity index is 1330. The summed E-state index contributed by atoms with van der Waals surface area (Å²) in [5.41, 5.74) is 3.37. The molecule has 0 radical (unpaired) electrons. The quantitative estimate of drug-likeness (QED) is 0.389. The number of hydrogen-bond acceptors (Lipinski definition) is 4. The van der Waals surface area contributed by atoms with Gasteiger partial charge >= 0.3 is 0 Å². The Kier molecular flexibility index (Phi) is 6.34. The van der Waals surface area contributed by atoms with Crippen molar-refractivity contribution in [1.82, 2.24) is 19.4 Å². The maximum atomic E-state index is 14.0. The number of halogens is 3. The Hall–Kier alpha value is -3.59. The molecule has 2 aromatic carbocycles. The molecule has 188 valence electrons. The van der Waals surface area contributed by atoms with Crippen molar-refractivity contribution in [3.63, 3.8) is 0 Å². The Morgan fingerprint density at radius 1 is 1.11 bits per heavy atom. The van der Waals surface area contributed by atoms with Gasteiger partial charge in [-0.05, 0) is 68.3 Å². The number of methoxy groups -OCH3 is 1. The van der Waals surface area contributed by atoms with Crippen LogP contribution in [0.2, 0.25) is 0 Å². The lowest BCUT2D eigenvalue weighted by Gasteiger charge is -2.48. The monoisotopic (exact) mass is 496 g/mol. The molecule has 2 aliphatic rings. The van der Waals surface area contributed by atoms with Crippen LogP contribution in [0, 0.1) is 24.4 Å². The number of piperazine rings is 1. The summed E-state index contributed by atoms with van der Waals surface area (Å²) >= 11 is 0. The lowest BCUT2D eigenvalue weighted by Crippen LogP contribution is -2.57. The van der Waals surface area contributed by atoms with Gasteiger partial charge in [0.25, 0.3) is 5.91 Å². The first kappa shape index (κ1) is 24.1. The summed E-state index contributed by atoms with van der Waals surface area (Å²) in [6.45, 7) is 2.96. The number of carbonyl (C=O) groups is 1. The smallest absolute Gasteiger partial charge is 0.250 e. The average molecular weight is 497 g/mol. The summed E-state index contributed by atoms with van der Waals surface area (Å²) in [7, 11) is 3.50. The number of likely N-dealkylation sites (N-methyl/N-ethyl adjacent to an activating group) is 1. The van der Waals surface area contributed by atoms with Crippen molar-refractivity contribution in [3.8, 4) is 11.4 Å². The van der Waals surface area contributed by atoms with Gasteiger partial charge in [0, 0.05) is 30.9 Å². The zero-order valence-electron chi connectivity index (χ0n) is 20.3. The molecule has 0 saturated carbocycles. The third kappa shape index (κ3) is 4.39. The third-order valence-corrected chi connectivity index (χ3v) is 6.92. The Balaban J connectivity index is 1.47. The highest BCUT2D eigenvalue weighted by atomic mass is 19.2. The van der Waals surface area contributed by atoms with E-state index in [0.717, 1.165) is 29.1 Å². The number of nitrogens with zero attached hydrogens (tertiary/aromatic N) is 4. The van der Waals surface area contributed by atoms with Crippen LogP contribution < -0.4 is 4.74 Å². The first-order chi connectivity index (χ1) is 17.2. The molecule has 0 N–H and O–H groups in total. The van der Waals surface area contributed by atoms with E-state index in [1.54, 1.807) is 18.3 Å². The number of aryl methyl sites for hydroxylation is 1. The molecule has 1 amide bonds. The molecule has 0 bridgehead atoms. The SMILES string of the molecule is COc1cc(/C=C2\CC[C@H]3CN(C)CC(c4cc(F)c(F)c(F)c4)N3C2=O)ccc1-n1cnc(C)c1. The van der Waals surface area contributed by atoms with Gasteiger partial charge in [-0.15, -0.1) is 0 Å². The van der Waals surface area contributed by atoms with E-state index in [1.807, 2.05) is 53.9 Å². The fraction of sp³-hybridized carbons (Fsp3) is 0.333. The van der Waals surface area contributed by atoms with E-state index in [1.165, 1.54) is 0 Å². The van der Waals surface area contributed by atoms with E-state index >= 15 is 0 Å². The van der Waals surface area contributed by atoms with Gasteiger partial charge in [0.1, 0.15) is 5.75 Å². The third-order valence-electron chi connectivity index (χ3n) is 6.92. The van der Waals surface area contributed by atoms with Gasteiger partial charge in [-0.25, -0.2) is 18.2 Å². The minimum atomic E-state index is -1.51. The van der Waals surface area contributed by atoms with Crippen molar-refractivity contribution in [2.24, 2.45) is 0 Å². The van der Waals surface area contributed by atoms with Crippen LogP contribution in [0.1, 0.15) is 35.7 Å². The molecule has 0 spiro atoms. The van der Waals surface area contributed by atoms with Crippen molar-refractivity contribution in [2.45, 2.75) is 31.8 Å². The van der Waals surface area contributed by atoms with Gasteiger partial charge in [0.2, 0.25) is 0 Å². The highest BCUT2D eigenvalue weighted by Crippen LogP contribution is 2.37. The summed E-state index contributed by atoms with van der Waals surface area (Å²) < 4.78 is 49.2. The van der Waals surface area contributed by atoms with Crippen LogP contribution in [0.25, 0.3) is 11.8 Å². The van der Waals surface area contributed by atoms with Crippen molar-refractivity contribution in [3.05, 3.63) is 82.7 Å². The highest BCUT2D eigenvalue weighted by molar-refractivity contribution is 5.99. The molecule has 2 fully saturated rings. The zero-order chi connectivity index (χ0) is 25.6. The van der Waals surface area contributed by atoms with Crippen LogP contribution in [-0.4, -0.2) is 58.5 Å². The minimum Gasteiger partial charge on any atom is -0.495 e. The van der Waals surface area contributed by atoms with Crippen LogP contribution in [0.5, 0.6) is 5.75 Å². The van der Waals surface area contributed by atoms with E-state index in [0.29, 0.717) is 37.3 Å². The summed E-state index contributed by atoms with van der Waals surface area (Å²) in [6.07, 6.45) is 6.75. The molecule has 2 aliphatic heterocycles. The number of hydrogen-bond donors (Lipinski definition) is 0. The largest absolute Gasteiger partial charge is 0.495 e. The first-order valence-electron chi connectivity index (χ1n) is 11.8. The van der Waals surface area contributed by atoms with Crippen molar-refractivity contribution in [2.75, 3.05) is 27.2 Å². The van der Waals surface area contributed by atoms with Crippen molar-refractivity contribution >= 4 is 12.0 Å². The number of rotatable bonds is 4. The molecule has 36 heavy (non-hydrogen) atoms. The number of amides is 1. The lowest BCUT2D eigenvalue weighted by molar-refractivity contribution is -0.138. The number of aromatic nitrogens is 2. The number of benzene rings is 2. The number of imidazole rings is 1. The first-order valence-corrected chi connectivity index (χ1v) is 11.8. The molecule has 0 aliphatic carbocycles. The van der Waals surface area contributed by atoms with Crippen LogP contribution in [0.15, 0.2) is 48.4 Å². The second kappa shape index (κ2) is 9.46. The van der Waals surface area contributed by atoms with Crippen LogP contribution in [0.4, 0.5) is 13.2 Å². The van der Waals surface area contributed by atoms with Gasteiger partial charge < -0.3 is 19.1 Å². The van der Waals surface area contributed by atoms with E-state index in [-0.39, 0.29) is 17.5 Å². The normalized spacial score (nSPS) is 21.7. The number of fused-ring (bicyclic) bond motifs is 1. The molecule has 6 nitrogen and oxygen atoms in total. The number of ether oxygens (including phenoxy) is 1. The summed E-state index contributed by atoms with van der Waals surface area (Å²) in [5, 5.41) is 0. The summed E-state index contributed by atoms with van der Waals surface area (Å²) in [6, 6.07) is 6.98. The molecule has 5 rings (SSSR count). The van der Waals surface area contributed by atoms with E-state index in [4.69, 9.17) is 4.74 Å². The fourth-order valence-corrected chi connectivity index (χ4v) is 5.21. The molecule has 3 aromatic rings. The number of carbonyl (C=O) groups excluding carboxylic acids is 1. The maximum absolute atomic E-state index is 14.0. The highest BCUT2D eigenvalue weighted by Gasteiger charge is 2.41. The van der Waals surface area contributed by atoms with Gasteiger partial charge in [0.15, 0.2) is 17.5 Å². The predicted octanol–water partition coefficient (Wildman–Crippen LogP) is 4.67. The van der Waals surface area contributed by atoms with Crippen LogP contribution in [-0.2, 0) is 4.79 Å². The van der Waals surface area contributed by atoms with Crippen LogP contribution in [0.3, 0.4) is 0 Å². The Labute approximate surface area is 207 Å². The predicted molar refractivity (Wildman–Crippen MR) is 129 cm³/mol. The average Bonchev–Trinajstić information content (AvgIpc) is 3.29. The molecule has 2 saturated heterocycles. The second-order valence-corrected chi connectivity index (χ2v) is 9.46.